The molecule has 7 heteroatoms. The van der Waals surface area contributed by atoms with E-state index in [9.17, 15) is 14.7 Å². The number of likely N-dealkylation sites (tertiary alicyclic amines) is 1. The van der Waals surface area contributed by atoms with Crippen molar-refractivity contribution in [1.29, 1.82) is 0 Å². The Morgan fingerprint density at radius 2 is 2.24 bits per heavy atom. The van der Waals surface area contributed by atoms with Crippen molar-refractivity contribution in [2.45, 2.75) is 38.1 Å². The topological polar surface area (TPSA) is 87.5 Å². The lowest BCUT2D eigenvalue weighted by Gasteiger charge is -2.27. The lowest BCUT2D eigenvalue weighted by atomic mass is 10.1. The van der Waals surface area contributed by atoms with Crippen molar-refractivity contribution in [3.05, 3.63) is 18.0 Å². The number of hydrogen-bond donors (Lipinski definition) is 2. The molecule has 1 aromatic heterocycles. The van der Waals surface area contributed by atoms with Gasteiger partial charge in [-0.05, 0) is 18.9 Å². The summed E-state index contributed by atoms with van der Waals surface area (Å²) in [6.07, 6.45) is 5.61. The fraction of sp³-hybridized carbons (Fsp3) is 0.643. The molecule has 2 rings (SSSR count). The number of carboxylic acids is 1. The van der Waals surface area contributed by atoms with Crippen LogP contribution in [0.5, 0.6) is 0 Å². The van der Waals surface area contributed by atoms with Crippen LogP contribution in [-0.2, 0) is 18.3 Å². The molecule has 2 N–H and O–H groups in total. The third-order valence-electron chi connectivity index (χ3n) is 3.88. The van der Waals surface area contributed by atoms with E-state index in [1.54, 1.807) is 10.9 Å². The second-order valence-electron chi connectivity index (χ2n) is 5.32. The van der Waals surface area contributed by atoms with E-state index in [2.05, 4.69) is 10.4 Å². The van der Waals surface area contributed by atoms with E-state index in [1.165, 1.54) is 4.90 Å². The van der Waals surface area contributed by atoms with E-state index in [0.717, 1.165) is 25.0 Å². The Kier molecular flexibility index (Phi) is 5.19. The second-order valence-corrected chi connectivity index (χ2v) is 5.32. The zero-order valence-corrected chi connectivity index (χ0v) is 12.3. The summed E-state index contributed by atoms with van der Waals surface area (Å²) in [5.74, 6) is -0.918. The minimum Gasteiger partial charge on any atom is -0.480 e. The molecule has 21 heavy (non-hydrogen) atoms. The van der Waals surface area contributed by atoms with Crippen molar-refractivity contribution in [3.8, 4) is 0 Å². The lowest BCUT2D eigenvalue weighted by molar-refractivity contribution is -0.142. The Morgan fingerprint density at radius 3 is 2.90 bits per heavy atom. The number of nitrogens with zero attached hydrogens (tertiary/aromatic N) is 3. The number of aromatic nitrogens is 2. The molecule has 2 heterocycles. The molecule has 1 fully saturated rings. The molecule has 1 aromatic rings. The zero-order chi connectivity index (χ0) is 15.2. The first kappa shape index (κ1) is 15.3. The predicted molar refractivity (Wildman–Crippen MR) is 76.9 cm³/mol. The highest BCUT2D eigenvalue weighted by Gasteiger charge is 2.30. The Balaban J connectivity index is 1.88. The maximum atomic E-state index is 12.2. The van der Waals surface area contributed by atoms with Gasteiger partial charge in [0.1, 0.15) is 6.04 Å². The number of carbonyl (C=O) groups excluding carboxylic acids is 1. The molecule has 0 aliphatic carbocycles. The van der Waals surface area contributed by atoms with Crippen LogP contribution >= 0.6 is 0 Å². The first-order valence-electron chi connectivity index (χ1n) is 7.33. The van der Waals surface area contributed by atoms with E-state index >= 15 is 0 Å². The summed E-state index contributed by atoms with van der Waals surface area (Å²) >= 11 is 0. The van der Waals surface area contributed by atoms with Gasteiger partial charge in [-0.1, -0.05) is 12.8 Å². The van der Waals surface area contributed by atoms with Crippen LogP contribution in [0.2, 0.25) is 0 Å². The van der Waals surface area contributed by atoms with Gasteiger partial charge in [0.15, 0.2) is 0 Å². The van der Waals surface area contributed by atoms with Gasteiger partial charge in [0, 0.05) is 38.4 Å². The van der Waals surface area contributed by atoms with Gasteiger partial charge in [0.25, 0.3) is 0 Å². The van der Waals surface area contributed by atoms with Crippen LogP contribution in [0, 0.1) is 0 Å². The largest absolute Gasteiger partial charge is 0.480 e. The number of hydrogen-bond acceptors (Lipinski definition) is 3. The summed E-state index contributed by atoms with van der Waals surface area (Å²) in [5.41, 5.74) is 1.03. The van der Waals surface area contributed by atoms with Crippen LogP contribution in [0.25, 0.3) is 0 Å². The van der Waals surface area contributed by atoms with E-state index in [0.29, 0.717) is 25.9 Å². The molecule has 2 amide bonds. The van der Waals surface area contributed by atoms with Gasteiger partial charge in [-0.3, -0.25) is 4.68 Å². The highest BCUT2D eigenvalue weighted by Crippen LogP contribution is 2.17. The number of aryl methyl sites for hydroxylation is 1. The molecule has 0 spiro atoms. The Bertz CT molecular complexity index is 500. The molecule has 1 unspecified atom stereocenters. The van der Waals surface area contributed by atoms with Gasteiger partial charge in [-0.2, -0.15) is 5.10 Å². The van der Waals surface area contributed by atoms with Crippen LogP contribution < -0.4 is 5.32 Å². The van der Waals surface area contributed by atoms with Gasteiger partial charge >= 0.3 is 12.0 Å². The zero-order valence-electron chi connectivity index (χ0n) is 12.3. The number of rotatable bonds is 4. The molecule has 0 saturated carbocycles. The van der Waals surface area contributed by atoms with E-state index < -0.39 is 12.0 Å². The minimum atomic E-state index is -0.918. The van der Waals surface area contributed by atoms with E-state index in [4.69, 9.17) is 0 Å². The average Bonchev–Trinajstić information content (AvgIpc) is 2.72. The van der Waals surface area contributed by atoms with Gasteiger partial charge in [0.2, 0.25) is 0 Å². The standard InChI is InChI=1S/C14H22N4O3/c1-17-11(7-9-16-17)6-8-15-14(21)18-10-4-2-3-5-12(18)13(19)20/h7,9,12H,2-6,8,10H2,1H3,(H,15,21)(H,19,20). The monoisotopic (exact) mass is 294 g/mol. The summed E-state index contributed by atoms with van der Waals surface area (Å²) in [7, 11) is 1.85. The van der Waals surface area contributed by atoms with E-state index in [-0.39, 0.29) is 6.03 Å². The molecular formula is C14H22N4O3. The molecule has 0 radical (unpaired) electrons. The summed E-state index contributed by atoms with van der Waals surface area (Å²) in [4.78, 5) is 25.0. The molecule has 0 bridgehead atoms. The number of amides is 2. The number of carboxylic acid groups (broad SMARTS) is 1. The lowest BCUT2D eigenvalue weighted by Crippen LogP contribution is -2.49. The van der Waals surface area contributed by atoms with Crippen molar-refractivity contribution in [1.82, 2.24) is 20.0 Å². The smallest absolute Gasteiger partial charge is 0.326 e. The van der Waals surface area contributed by atoms with Gasteiger partial charge in [-0.15, -0.1) is 0 Å². The molecule has 0 aromatic carbocycles. The first-order valence-corrected chi connectivity index (χ1v) is 7.33. The maximum absolute atomic E-state index is 12.2. The number of aliphatic carboxylic acids is 1. The summed E-state index contributed by atoms with van der Waals surface area (Å²) in [6.45, 7) is 0.982. The molecule has 1 atom stereocenters. The van der Waals surface area contributed by atoms with Gasteiger partial charge < -0.3 is 15.3 Å². The Morgan fingerprint density at radius 1 is 1.43 bits per heavy atom. The fourth-order valence-electron chi connectivity index (χ4n) is 2.65. The third kappa shape index (κ3) is 3.96. The summed E-state index contributed by atoms with van der Waals surface area (Å²) < 4.78 is 1.76. The summed E-state index contributed by atoms with van der Waals surface area (Å²) in [6, 6.07) is 0.911. The molecule has 1 aliphatic rings. The van der Waals surface area contributed by atoms with Crippen molar-refractivity contribution < 1.29 is 14.7 Å². The second kappa shape index (κ2) is 7.10. The van der Waals surface area contributed by atoms with Crippen molar-refractivity contribution in [2.75, 3.05) is 13.1 Å². The molecular weight excluding hydrogens is 272 g/mol. The summed E-state index contributed by atoms with van der Waals surface area (Å²) in [5, 5.41) is 16.1. The van der Waals surface area contributed by atoms with Crippen LogP contribution in [0.15, 0.2) is 12.3 Å². The van der Waals surface area contributed by atoms with Crippen molar-refractivity contribution in [2.24, 2.45) is 7.05 Å². The van der Waals surface area contributed by atoms with Crippen LogP contribution in [-0.4, -0.2) is 50.9 Å². The highest BCUT2D eigenvalue weighted by molar-refractivity contribution is 5.82. The van der Waals surface area contributed by atoms with Crippen molar-refractivity contribution >= 4 is 12.0 Å². The molecule has 1 saturated heterocycles. The normalized spacial score (nSPS) is 19.1. The SMILES string of the molecule is Cn1nccc1CCNC(=O)N1CCCCCC1C(=O)O. The number of nitrogens with one attached hydrogen (secondary N) is 1. The molecule has 7 nitrogen and oxygen atoms in total. The predicted octanol–water partition coefficient (Wildman–Crippen LogP) is 1.00. The number of carbonyl (C=O) groups is 2. The first-order chi connectivity index (χ1) is 10.1. The average molecular weight is 294 g/mol. The maximum Gasteiger partial charge on any atom is 0.326 e. The number of urea groups is 1. The Labute approximate surface area is 123 Å². The minimum absolute atomic E-state index is 0.286. The highest BCUT2D eigenvalue weighted by atomic mass is 16.4. The fourth-order valence-corrected chi connectivity index (χ4v) is 2.65. The molecule has 116 valence electrons. The third-order valence-corrected chi connectivity index (χ3v) is 3.88. The van der Waals surface area contributed by atoms with Gasteiger partial charge in [0.05, 0.1) is 0 Å². The van der Waals surface area contributed by atoms with Crippen LogP contribution in [0.3, 0.4) is 0 Å². The van der Waals surface area contributed by atoms with Crippen LogP contribution in [0.4, 0.5) is 4.79 Å². The van der Waals surface area contributed by atoms with Crippen LogP contribution in [0.1, 0.15) is 31.4 Å². The molecule has 1 aliphatic heterocycles. The van der Waals surface area contributed by atoms with Gasteiger partial charge in [-0.25, -0.2) is 9.59 Å². The van der Waals surface area contributed by atoms with Crippen molar-refractivity contribution in [3.63, 3.8) is 0 Å². The quantitative estimate of drug-likeness (QED) is 0.867. The van der Waals surface area contributed by atoms with E-state index in [1.807, 2.05) is 13.1 Å². The Hall–Kier alpha value is -2.05.